The second-order valence-corrected chi connectivity index (χ2v) is 8.29. The summed E-state index contributed by atoms with van der Waals surface area (Å²) in [6, 6.07) is 15.8. The van der Waals surface area contributed by atoms with Crippen molar-refractivity contribution in [2.45, 2.75) is 24.3 Å². The van der Waals surface area contributed by atoms with Crippen molar-refractivity contribution in [2.75, 3.05) is 24.2 Å². The van der Waals surface area contributed by atoms with Gasteiger partial charge in [-0.1, -0.05) is 40.2 Å². The summed E-state index contributed by atoms with van der Waals surface area (Å²) in [6.07, 6.45) is 0.472. The number of carbonyl (C=O) groups excluding carboxylic acids is 2. The summed E-state index contributed by atoms with van der Waals surface area (Å²) < 4.78 is 1.01. The van der Waals surface area contributed by atoms with E-state index in [4.69, 9.17) is 0 Å². The second-order valence-electron chi connectivity index (χ2n) is 6.24. The minimum Gasteiger partial charge on any atom is -0.341 e. The fourth-order valence-electron chi connectivity index (χ4n) is 2.92. The Morgan fingerprint density at radius 2 is 1.85 bits per heavy atom. The molecule has 2 aromatic rings. The van der Waals surface area contributed by atoms with Crippen molar-refractivity contribution in [1.29, 1.82) is 0 Å². The van der Waals surface area contributed by atoms with Crippen LogP contribution in [0.25, 0.3) is 0 Å². The molecule has 0 N–H and O–H groups in total. The van der Waals surface area contributed by atoms with E-state index in [9.17, 15) is 9.59 Å². The number of amides is 2. The number of para-hydroxylation sites is 1. The fourth-order valence-corrected chi connectivity index (χ4v) is 4.18. The van der Waals surface area contributed by atoms with Crippen LogP contribution < -0.4 is 4.90 Å². The van der Waals surface area contributed by atoms with Gasteiger partial charge in [0.2, 0.25) is 11.8 Å². The highest BCUT2D eigenvalue weighted by Gasteiger charge is 2.23. The Morgan fingerprint density at radius 3 is 2.62 bits per heavy atom. The maximum absolute atomic E-state index is 12.6. The van der Waals surface area contributed by atoms with Crippen LogP contribution in [0, 0.1) is 0 Å². The third kappa shape index (κ3) is 4.68. The van der Waals surface area contributed by atoms with E-state index in [1.54, 1.807) is 23.7 Å². The average molecular weight is 433 g/mol. The molecule has 2 aromatic carbocycles. The molecule has 1 heterocycles. The van der Waals surface area contributed by atoms with Gasteiger partial charge in [0.15, 0.2) is 0 Å². The minimum absolute atomic E-state index is 0.0130. The summed E-state index contributed by atoms with van der Waals surface area (Å²) in [5.74, 6) is 0.893. The number of hydrogen-bond acceptors (Lipinski definition) is 3. The molecular formula is C20H21BrN2O2S. The Kier molecular flexibility index (Phi) is 6.38. The van der Waals surface area contributed by atoms with Gasteiger partial charge in [0, 0.05) is 48.1 Å². The molecular weight excluding hydrogens is 412 g/mol. The van der Waals surface area contributed by atoms with Crippen LogP contribution in [0.1, 0.15) is 18.4 Å². The van der Waals surface area contributed by atoms with E-state index in [0.717, 1.165) is 26.4 Å². The van der Waals surface area contributed by atoms with Crippen LogP contribution in [0.3, 0.4) is 0 Å². The van der Waals surface area contributed by atoms with Crippen LogP contribution in [-0.4, -0.2) is 36.1 Å². The molecule has 4 nitrogen and oxygen atoms in total. The summed E-state index contributed by atoms with van der Waals surface area (Å²) in [7, 11) is 1.78. The topological polar surface area (TPSA) is 40.6 Å². The molecule has 0 aromatic heterocycles. The highest BCUT2D eigenvalue weighted by Crippen LogP contribution is 2.34. The highest BCUT2D eigenvalue weighted by molar-refractivity contribution is 9.10. The molecule has 0 aliphatic carbocycles. The summed E-state index contributed by atoms with van der Waals surface area (Å²) in [6.45, 7) is 1.24. The standard InChI is InChI=1S/C20H21BrN2O2S/c1-22(14-15-6-8-16(21)9-7-15)19(24)10-11-20(25)23-12-13-26-18-5-3-2-4-17(18)23/h2-9H,10-14H2,1H3. The molecule has 0 saturated carbocycles. The van der Waals surface area contributed by atoms with Gasteiger partial charge < -0.3 is 9.80 Å². The molecule has 6 heteroatoms. The van der Waals surface area contributed by atoms with Gasteiger partial charge >= 0.3 is 0 Å². The number of thioether (sulfide) groups is 1. The molecule has 0 spiro atoms. The lowest BCUT2D eigenvalue weighted by Crippen LogP contribution is -2.36. The average Bonchev–Trinajstić information content (AvgIpc) is 2.67. The lowest BCUT2D eigenvalue weighted by atomic mass is 10.2. The molecule has 136 valence electrons. The van der Waals surface area contributed by atoms with Crippen LogP contribution in [0.15, 0.2) is 57.9 Å². The Hall–Kier alpha value is -1.79. The predicted octanol–water partition coefficient (Wildman–Crippen LogP) is 4.33. The highest BCUT2D eigenvalue weighted by atomic mass is 79.9. The van der Waals surface area contributed by atoms with E-state index in [1.807, 2.05) is 53.4 Å². The van der Waals surface area contributed by atoms with Gasteiger partial charge in [0.25, 0.3) is 0 Å². The number of hydrogen-bond donors (Lipinski definition) is 0. The first kappa shape index (κ1) is 19.0. The van der Waals surface area contributed by atoms with Crippen LogP contribution in [0.5, 0.6) is 0 Å². The lowest BCUT2D eigenvalue weighted by Gasteiger charge is -2.29. The number of carbonyl (C=O) groups is 2. The lowest BCUT2D eigenvalue weighted by molar-refractivity contribution is -0.132. The van der Waals surface area contributed by atoms with E-state index in [2.05, 4.69) is 15.9 Å². The maximum atomic E-state index is 12.6. The van der Waals surface area contributed by atoms with Gasteiger partial charge in [-0.2, -0.15) is 0 Å². The number of rotatable bonds is 5. The summed E-state index contributed by atoms with van der Waals surface area (Å²) in [5.41, 5.74) is 2.03. The number of halogens is 1. The maximum Gasteiger partial charge on any atom is 0.227 e. The van der Waals surface area contributed by atoms with Crippen molar-refractivity contribution in [3.05, 3.63) is 58.6 Å². The molecule has 0 bridgehead atoms. The van der Waals surface area contributed by atoms with Gasteiger partial charge in [-0.15, -0.1) is 11.8 Å². The molecule has 2 amide bonds. The summed E-state index contributed by atoms with van der Waals surface area (Å²) >= 11 is 5.18. The van der Waals surface area contributed by atoms with Crippen molar-refractivity contribution in [2.24, 2.45) is 0 Å². The first-order valence-electron chi connectivity index (χ1n) is 8.55. The normalized spacial score (nSPS) is 13.2. The molecule has 1 aliphatic heterocycles. The van der Waals surface area contributed by atoms with Crippen LogP contribution >= 0.6 is 27.7 Å². The molecule has 0 unspecified atom stereocenters. The van der Waals surface area contributed by atoms with E-state index in [1.165, 1.54) is 0 Å². The SMILES string of the molecule is CN(Cc1ccc(Br)cc1)C(=O)CCC(=O)N1CCSc2ccccc21. The van der Waals surface area contributed by atoms with Crippen LogP contribution in [-0.2, 0) is 16.1 Å². The molecule has 3 rings (SSSR count). The van der Waals surface area contributed by atoms with Gasteiger partial charge in [0.1, 0.15) is 0 Å². The van der Waals surface area contributed by atoms with Gasteiger partial charge in [-0.25, -0.2) is 0 Å². The second kappa shape index (κ2) is 8.73. The Morgan fingerprint density at radius 1 is 1.12 bits per heavy atom. The summed E-state index contributed by atoms with van der Waals surface area (Å²) in [5, 5.41) is 0. The fraction of sp³-hybridized carbons (Fsp3) is 0.300. The molecule has 0 fully saturated rings. The third-order valence-corrected chi connectivity index (χ3v) is 5.91. The van der Waals surface area contributed by atoms with Gasteiger partial charge in [-0.05, 0) is 29.8 Å². The van der Waals surface area contributed by atoms with Crippen molar-refractivity contribution in [1.82, 2.24) is 4.90 Å². The van der Waals surface area contributed by atoms with E-state index in [0.29, 0.717) is 13.1 Å². The van der Waals surface area contributed by atoms with Crippen molar-refractivity contribution >= 4 is 45.2 Å². The van der Waals surface area contributed by atoms with Gasteiger partial charge in [0.05, 0.1) is 5.69 Å². The minimum atomic E-state index is -0.0130. The molecule has 26 heavy (non-hydrogen) atoms. The van der Waals surface area contributed by atoms with Gasteiger partial charge in [-0.3, -0.25) is 9.59 Å². The Labute approximate surface area is 166 Å². The van der Waals surface area contributed by atoms with E-state index >= 15 is 0 Å². The molecule has 0 saturated heterocycles. The number of nitrogens with zero attached hydrogens (tertiary/aromatic N) is 2. The summed E-state index contributed by atoms with van der Waals surface area (Å²) in [4.78, 5) is 29.6. The zero-order valence-electron chi connectivity index (χ0n) is 14.7. The van der Waals surface area contributed by atoms with Crippen molar-refractivity contribution in [3.8, 4) is 0 Å². The van der Waals surface area contributed by atoms with Crippen molar-refractivity contribution < 1.29 is 9.59 Å². The zero-order valence-corrected chi connectivity index (χ0v) is 17.1. The first-order valence-corrected chi connectivity index (χ1v) is 10.3. The van der Waals surface area contributed by atoms with Crippen molar-refractivity contribution in [3.63, 3.8) is 0 Å². The van der Waals surface area contributed by atoms with E-state index in [-0.39, 0.29) is 24.7 Å². The van der Waals surface area contributed by atoms with E-state index < -0.39 is 0 Å². The molecule has 0 radical (unpaired) electrons. The van der Waals surface area contributed by atoms with Crippen LogP contribution in [0.2, 0.25) is 0 Å². The smallest absolute Gasteiger partial charge is 0.227 e. The number of fused-ring (bicyclic) bond motifs is 1. The van der Waals surface area contributed by atoms with Crippen LogP contribution in [0.4, 0.5) is 5.69 Å². The monoisotopic (exact) mass is 432 g/mol. The zero-order chi connectivity index (χ0) is 18.5. The Bertz CT molecular complexity index is 795. The quantitative estimate of drug-likeness (QED) is 0.705. The largest absolute Gasteiger partial charge is 0.341 e. The Balaban J connectivity index is 1.54. The number of anilines is 1. The predicted molar refractivity (Wildman–Crippen MR) is 109 cm³/mol. The third-order valence-electron chi connectivity index (χ3n) is 4.34. The first-order chi connectivity index (χ1) is 12.5. The molecule has 1 aliphatic rings. The number of benzene rings is 2. The molecule has 0 atom stereocenters.